The van der Waals surface area contributed by atoms with Crippen molar-refractivity contribution in [1.82, 2.24) is 9.80 Å². The van der Waals surface area contributed by atoms with E-state index < -0.39 is 5.92 Å². The molecule has 0 unspecified atom stereocenters. The van der Waals surface area contributed by atoms with Crippen LogP contribution in [0, 0.1) is 0 Å². The van der Waals surface area contributed by atoms with Crippen LogP contribution in [0.15, 0.2) is 60.7 Å². The van der Waals surface area contributed by atoms with Crippen LogP contribution in [0.25, 0.3) is 0 Å². The molecule has 3 aliphatic rings. The van der Waals surface area contributed by atoms with Crippen LogP contribution in [0.1, 0.15) is 39.0 Å². The van der Waals surface area contributed by atoms with Crippen molar-refractivity contribution in [3.05, 3.63) is 87.9 Å². The Kier molecular flexibility index (Phi) is 6.40. The lowest BCUT2D eigenvalue weighted by Crippen LogP contribution is -2.54. The van der Waals surface area contributed by atoms with Gasteiger partial charge < -0.3 is 24.2 Å². The maximum absolute atomic E-state index is 14.4. The maximum atomic E-state index is 14.4. The average Bonchev–Trinajstić information content (AvgIpc) is 2.96. The first-order valence-corrected chi connectivity index (χ1v) is 13.3. The quantitative estimate of drug-likeness (QED) is 0.494. The molecule has 3 aromatic carbocycles. The number of carbonyl (C=O) groups excluding carboxylic acids is 2. The molecule has 7 nitrogen and oxygen atoms in total. The van der Waals surface area contributed by atoms with Gasteiger partial charge in [0.05, 0.1) is 26.2 Å². The highest BCUT2D eigenvalue weighted by atomic mass is 35.5. The second-order valence-electron chi connectivity index (χ2n) is 9.96. The van der Waals surface area contributed by atoms with Gasteiger partial charge in [-0.2, -0.15) is 0 Å². The summed E-state index contributed by atoms with van der Waals surface area (Å²) in [6.07, 6.45) is 0.764. The van der Waals surface area contributed by atoms with Crippen molar-refractivity contribution in [3.63, 3.8) is 0 Å². The minimum atomic E-state index is -0.540. The van der Waals surface area contributed by atoms with Crippen molar-refractivity contribution in [2.45, 2.75) is 18.4 Å². The van der Waals surface area contributed by atoms with E-state index in [4.69, 9.17) is 21.1 Å². The summed E-state index contributed by atoms with van der Waals surface area (Å²) in [5.74, 6) is 0.414. The van der Waals surface area contributed by atoms with E-state index in [0.29, 0.717) is 60.4 Å². The fraction of sp³-hybridized carbons (Fsp3) is 0.333. The highest BCUT2D eigenvalue weighted by molar-refractivity contribution is 6.30. The van der Waals surface area contributed by atoms with Gasteiger partial charge in [0.1, 0.15) is 0 Å². The first-order chi connectivity index (χ1) is 18.5. The molecule has 1 fully saturated rings. The lowest BCUT2D eigenvalue weighted by Gasteiger charge is -2.47. The molecule has 196 valence electrons. The monoisotopic (exact) mass is 531 g/mol. The van der Waals surface area contributed by atoms with Gasteiger partial charge >= 0.3 is 0 Å². The summed E-state index contributed by atoms with van der Waals surface area (Å²) in [4.78, 5) is 34.3. The van der Waals surface area contributed by atoms with Gasteiger partial charge in [0, 0.05) is 49.0 Å². The Morgan fingerprint density at radius 1 is 0.868 bits per heavy atom. The number of ether oxygens (including phenoxy) is 2. The number of halogens is 1. The van der Waals surface area contributed by atoms with Crippen LogP contribution in [0.2, 0.25) is 5.02 Å². The van der Waals surface area contributed by atoms with Crippen LogP contribution >= 0.6 is 11.6 Å². The molecule has 2 atom stereocenters. The van der Waals surface area contributed by atoms with Crippen molar-refractivity contribution >= 4 is 29.1 Å². The Labute approximate surface area is 227 Å². The Balaban J connectivity index is 1.39. The molecular weight excluding hydrogens is 502 g/mol. The first kappa shape index (κ1) is 24.6. The van der Waals surface area contributed by atoms with Gasteiger partial charge in [-0.05, 0) is 53.4 Å². The molecule has 0 bridgehead atoms. The van der Waals surface area contributed by atoms with Gasteiger partial charge in [0.25, 0.3) is 5.91 Å². The van der Waals surface area contributed by atoms with Gasteiger partial charge in [0.15, 0.2) is 11.5 Å². The average molecular weight is 532 g/mol. The predicted octanol–water partition coefficient (Wildman–Crippen LogP) is 4.54. The summed E-state index contributed by atoms with van der Waals surface area (Å²) >= 11 is 6.21. The zero-order valence-electron chi connectivity index (χ0n) is 21.5. The van der Waals surface area contributed by atoms with Gasteiger partial charge in [-0.25, -0.2) is 0 Å². The smallest absolute Gasteiger partial charge is 0.254 e. The third-order valence-corrected chi connectivity index (χ3v) is 8.30. The van der Waals surface area contributed by atoms with Crippen LogP contribution in [0.3, 0.4) is 0 Å². The van der Waals surface area contributed by atoms with Gasteiger partial charge in [-0.3, -0.25) is 9.59 Å². The molecule has 0 aromatic heterocycles. The number of nitrogens with zero attached hydrogens (tertiary/aromatic N) is 3. The van der Waals surface area contributed by atoms with E-state index in [2.05, 4.69) is 17.0 Å². The lowest BCUT2D eigenvalue weighted by atomic mass is 9.75. The molecule has 8 heteroatoms. The normalized spacial score (nSPS) is 20.4. The molecular formula is C30H30ClN3O4. The number of hydrogen-bond acceptors (Lipinski definition) is 5. The molecule has 2 amide bonds. The Morgan fingerprint density at radius 2 is 1.61 bits per heavy atom. The molecule has 1 saturated heterocycles. The number of methoxy groups -OCH3 is 2. The third-order valence-electron chi connectivity index (χ3n) is 8.06. The number of amides is 2. The zero-order chi connectivity index (χ0) is 26.4. The topological polar surface area (TPSA) is 62.3 Å². The highest BCUT2D eigenvalue weighted by Gasteiger charge is 2.48. The van der Waals surface area contributed by atoms with E-state index in [1.807, 2.05) is 52.3 Å². The molecule has 0 radical (unpaired) electrons. The summed E-state index contributed by atoms with van der Waals surface area (Å²) < 4.78 is 11.1. The van der Waals surface area contributed by atoms with E-state index in [1.165, 1.54) is 5.56 Å². The number of benzene rings is 3. The SMILES string of the molecule is COc1cc2c(cc1OC)[C@H](C(=O)N1CCN(c3cccc(Cl)c3)CC1)[C@H]1c3ccccc3CCN1C2=O. The number of carbonyl (C=O) groups is 2. The Hall–Kier alpha value is -3.71. The molecule has 0 N–H and O–H groups in total. The van der Waals surface area contributed by atoms with Crippen molar-refractivity contribution in [3.8, 4) is 11.5 Å². The number of hydrogen-bond donors (Lipinski definition) is 0. The Bertz CT molecular complexity index is 1400. The summed E-state index contributed by atoms with van der Waals surface area (Å²) in [7, 11) is 3.13. The van der Waals surface area contributed by atoms with Gasteiger partial charge in [0.2, 0.25) is 5.91 Å². The largest absolute Gasteiger partial charge is 0.493 e. The summed E-state index contributed by atoms with van der Waals surface area (Å²) in [5.41, 5.74) is 4.50. The minimum Gasteiger partial charge on any atom is -0.493 e. The number of fused-ring (bicyclic) bond motifs is 4. The summed E-state index contributed by atoms with van der Waals surface area (Å²) in [6, 6.07) is 19.2. The van der Waals surface area contributed by atoms with Crippen LogP contribution in [-0.4, -0.2) is 68.6 Å². The molecule has 0 aliphatic carbocycles. The highest BCUT2D eigenvalue weighted by Crippen LogP contribution is 2.49. The Morgan fingerprint density at radius 3 is 2.34 bits per heavy atom. The molecule has 6 rings (SSSR count). The van der Waals surface area contributed by atoms with Gasteiger partial charge in [-0.15, -0.1) is 0 Å². The molecule has 0 saturated carbocycles. The number of piperazine rings is 1. The minimum absolute atomic E-state index is 0.0309. The predicted molar refractivity (Wildman–Crippen MR) is 146 cm³/mol. The molecule has 38 heavy (non-hydrogen) atoms. The maximum Gasteiger partial charge on any atom is 0.254 e. The molecule has 0 spiro atoms. The second kappa shape index (κ2) is 9.87. The van der Waals surface area contributed by atoms with Crippen molar-refractivity contribution in [2.24, 2.45) is 0 Å². The van der Waals surface area contributed by atoms with E-state index in [-0.39, 0.29) is 17.9 Å². The van der Waals surface area contributed by atoms with Crippen molar-refractivity contribution in [1.29, 1.82) is 0 Å². The van der Waals surface area contributed by atoms with Crippen molar-refractivity contribution in [2.75, 3.05) is 51.8 Å². The summed E-state index contributed by atoms with van der Waals surface area (Å²) in [5, 5.41) is 0.699. The van der Waals surface area contributed by atoms with Crippen LogP contribution in [0.4, 0.5) is 5.69 Å². The van der Waals surface area contributed by atoms with Crippen LogP contribution < -0.4 is 14.4 Å². The number of anilines is 1. The summed E-state index contributed by atoms with van der Waals surface area (Å²) in [6.45, 7) is 3.17. The van der Waals surface area contributed by atoms with E-state index in [0.717, 1.165) is 17.7 Å². The van der Waals surface area contributed by atoms with Crippen molar-refractivity contribution < 1.29 is 19.1 Å². The fourth-order valence-corrected chi connectivity index (χ4v) is 6.35. The fourth-order valence-electron chi connectivity index (χ4n) is 6.17. The third kappa shape index (κ3) is 4.06. The lowest BCUT2D eigenvalue weighted by molar-refractivity contribution is -0.135. The molecule has 3 heterocycles. The standard InChI is InChI=1S/C30H30ClN3O4/c1-37-25-17-23-24(18-26(25)38-2)29(35)34-11-10-19-6-3-4-9-22(19)28(34)27(23)30(36)33-14-12-32(13-15-33)21-8-5-7-20(31)16-21/h3-9,16-18,27-28H,10-15H2,1-2H3/t27-,28+/m0/s1. The zero-order valence-corrected chi connectivity index (χ0v) is 22.3. The first-order valence-electron chi connectivity index (χ1n) is 12.9. The van der Waals surface area contributed by atoms with E-state index in [9.17, 15) is 9.59 Å². The van der Waals surface area contributed by atoms with Crippen LogP contribution in [0.5, 0.6) is 11.5 Å². The molecule has 3 aliphatic heterocycles. The second-order valence-corrected chi connectivity index (χ2v) is 10.4. The van der Waals surface area contributed by atoms with Crippen LogP contribution in [-0.2, 0) is 11.2 Å². The van der Waals surface area contributed by atoms with E-state index >= 15 is 0 Å². The van der Waals surface area contributed by atoms with E-state index in [1.54, 1.807) is 20.3 Å². The van der Waals surface area contributed by atoms with Gasteiger partial charge in [-0.1, -0.05) is 41.9 Å². The molecule has 3 aromatic rings. The number of rotatable bonds is 4.